The number of allylic oxidation sites excluding steroid dienone is 4. The van der Waals surface area contributed by atoms with Crippen LogP contribution in [0, 0.1) is 11.3 Å². The molecule has 4 nitrogen and oxygen atoms in total. The molecule has 30 heavy (non-hydrogen) atoms. The summed E-state index contributed by atoms with van der Waals surface area (Å²) in [5.74, 6) is 0.499. The number of ether oxygens (including phenoxy) is 1. The summed E-state index contributed by atoms with van der Waals surface area (Å²) in [5, 5.41) is 30.5. The fourth-order valence-corrected chi connectivity index (χ4v) is 5.84. The predicted molar refractivity (Wildman–Crippen MR) is 121 cm³/mol. The van der Waals surface area contributed by atoms with Crippen LogP contribution in [-0.4, -0.2) is 45.8 Å². The molecule has 2 saturated carbocycles. The highest BCUT2D eigenvalue weighted by molar-refractivity contribution is 5.35. The van der Waals surface area contributed by atoms with E-state index in [0.29, 0.717) is 44.6 Å². The lowest BCUT2D eigenvalue weighted by molar-refractivity contribution is -0.0687. The van der Waals surface area contributed by atoms with Gasteiger partial charge >= 0.3 is 0 Å². The van der Waals surface area contributed by atoms with E-state index in [1.165, 1.54) is 24.0 Å². The van der Waals surface area contributed by atoms with E-state index in [2.05, 4.69) is 32.1 Å². The molecule has 0 spiro atoms. The summed E-state index contributed by atoms with van der Waals surface area (Å²) in [6.45, 7) is 8.94. The van der Waals surface area contributed by atoms with E-state index in [0.717, 1.165) is 18.4 Å². The van der Waals surface area contributed by atoms with Gasteiger partial charge in [-0.2, -0.15) is 0 Å². The van der Waals surface area contributed by atoms with Crippen LogP contribution in [0.2, 0.25) is 0 Å². The summed E-state index contributed by atoms with van der Waals surface area (Å²) in [4.78, 5) is 0. The van der Waals surface area contributed by atoms with E-state index in [1.807, 2.05) is 13.8 Å². The fourth-order valence-electron chi connectivity index (χ4n) is 5.84. The number of aliphatic hydroxyl groups is 3. The molecule has 4 unspecified atom stereocenters. The standard InChI is InChI=1S/C26H42O4/c1-5-26(29,6-2)17-30-18(3)23-11-12-24-20(8-7-13-25(23,24)4)10-9-19-14-21(27)16-22(28)15-19/h9-11,18,21-22,24,27-29H,5-8,12-17H2,1-4H3/b19-9?,20-10+/t18?,21-,22?,24?,25?/m1/s1. The van der Waals surface area contributed by atoms with E-state index in [1.54, 1.807) is 0 Å². The highest BCUT2D eigenvalue weighted by atomic mass is 16.5. The van der Waals surface area contributed by atoms with Crippen molar-refractivity contribution in [2.45, 2.75) is 109 Å². The van der Waals surface area contributed by atoms with Gasteiger partial charge in [0.15, 0.2) is 0 Å². The third-order valence-corrected chi connectivity index (χ3v) is 8.04. The molecule has 3 N–H and O–H groups in total. The molecule has 0 amide bonds. The Labute approximate surface area is 182 Å². The van der Waals surface area contributed by atoms with Gasteiger partial charge < -0.3 is 20.1 Å². The first-order valence-electron chi connectivity index (χ1n) is 12.0. The molecule has 0 aliphatic heterocycles. The Morgan fingerprint density at radius 2 is 1.87 bits per heavy atom. The van der Waals surface area contributed by atoms with Crippen molar-refractivity contribution in [1.82, 2.24) is 0 Å². The summed E-state index contributed by atoms with van der Waals surface area (Å²) in [5.41, 5.74) is 3.42. The van der Waals surface area contributed by atoms with Crippen molar-refractivity contribution in [3.63, 3.8) is 0 Å². The Bertz CT molecular complexity index is 675. The van der Waals surface area contributed by atoms with E-state index in [-0.39, 0.29) is 11.5 Å². The third-order valence-electron chi connectivity index (χ3n) is 8.04. The minimum atomic E-state index is -0.729. The molecule has 0 aromatic carbocycles. The Morgan fingerprint density at radius 3 is 2.50 bits per heavy atom. The first kappa shape index (κ1) is 23.7. The van der Waals surface area contributed by atoms with Crippen LogP contribution in [0.4, 0.5) is 0 Å². The van der Waals surface area contributed by atoms with Crippen LogP contribution in [-0.2, 0) is 4.74 Å². The summed E-state index contributed by atoms with van der Waals surface area (Å²) in [6, 6.07) is 0. The molecular weight excluding hydrogens is 376 g/mol. The molecule has 0 saturated heterocycles. The van der Waals surface area contributed by atoms with Gasteiger partial charge in [-0.15, -0.1) is 0 Å². The van der Waals surface area contributed by atoms with E-state index in [9.17, 15) is 15.3 Å². The van der Waals surface area contributed by atoms with Crippen LogP contribution in [0.3, 0.4) is 0 Å². The molecular formula is C26H42O4. The van der Waals surface area contributed by atoms with Crippen LogP contribution in [0.25, 0.3) is 0 Å². The number of hydrogen-bond acceptors (Lipinski definition) is 4. The minimum absolute atomic E-state index is 0.0194. The monoisotopic (exact) mass is 418 g/mol. The largest absolute Gasteiger partial charge is 0.393 e. The van der Waals surface area contributed by atoms with Crippen molar-refractivity contribution in [1.29, 1.82) is 0 Å². The molecule has 0 radical (unpaired) electrons. The van der Waals surface area contributed by atoms with Crippen LogP contribution in [0.15, 0.2) is 34.9 Å². The molecule has 0 aromatic heterocycles. The van der Waals surface area contributed by atoms with E-state index in [4.69, 9.17) is 4.74 Å². The number of rotatable bonds is 7. The molecule has 0 aromatic rings. The minimum Gasteiger partial charge on any atom is -0.393 e. The topological polar surface area (TPSA) is 69.9 Å². The molecule has 170 valence electrons. The van der Waals surface area contributed by atoms with Gasteiger partial charge in [-0.25, -0.2) is 0 Å². The Kier molecular flexibility index (Phi) is 7.66. The van der Waals surface area contributed by atoms with Gasteiger partial charge in [-0.1, -0.05) is 50.1 Å². The number of hydrogen-bond donors (Lipinski definition) is 3. The molecule has 5 atom stereocenters. The Morgan fingerprint density at radius 1 is 1.20 bits per heavy atom. The summed E-state index contributed by atoms with van der Waals surface area (Å²) < 4.78 is 6.20. The first-order chi connectivity index (χ1) is 14.2. The average molecular weight is 419 g/mol. The van der Waals surface area contributed by atoms with Gasteiger partial charge in [0.25, 0.3) is 0 Å². The summed E-state index contributed by atoms with van der Waals surface area (Å²) >= 11 is 0. The first-order valence-corrected chi connectivity index (χ1v) is 12.0. The fraction of sp³-hybridized carbons (Fsp3) is 0.769. The van der Waals surface area contributed by atoms with Crippen molar-refractivity contribution < 1.29 is 20.1 Å². The van der Waals surface area contributed by atoms with Crippen molar-refractivity contribution >= 4 is 0 Å². The molecule has 0 heterocycles. The maximum atomic E-state index is 10.6. The maximum Gasteiger partial charge on any atom is 0.0875 e. The van der Waals surface area contributed by atoms with Crippen LogP contribution in [0.5, 0.6) is 0 Å². The Hall–Kier alpha value is -0.940. The van der Waals surface area contributed by atoms with E-state index < -0.39 is 17.8 Å². The van der Waals surface area contributed by atoms with Gasteiger partial charge in [0.05, 0.1) is 30.5 Å². The Balaban J connectivity index is 1.70. The molecule has 3 aliphatic carbocycles. The van der Waals surface area contributed by atoms with E-state index >= 15 is 0 Å². The van der Waals surface area contributed by atoms with Crippen LogP contribution >= 0.6 is 0 Å². The van der Waals surface area contributed by atoms with Crippen molar-refractivity contribution in [3.05, 3.63) is 34.9 Å². The molecule has 0 bridgehead atoms. The quantitative estimate of drug-likeness (QED) is 0.518. The van der Waals surface area contributed by atoms with Crippen molar-refractivity contribution in [2.24, 2.45) is 11.3 Å². The average Bonchev–Trinajstić information content (AvgIpc) is 3.07. The second kappa shape index (κ2) is 9.68. The second-order valence-electron chi connectivity index (χ2n) is 10.1. The van der Waals surface area contributed by atoms with Crippen molar-refractivity contribution in [2.75, 3.05) is 6.61 Å². The van der Waals surface area contributed by atoms with Crippen molar-refractivity contribution in [3.8, 4) is 0 Å². The normalized spacial score (nSPS) is 36.1. The number of aliphatic hydroxyl groups excluding tert-OH is 2. The highest BCUT2D eigenvalue weighted by Gasteiger charge is 2.46. The molecule has 4 heteroatoms. The molecule has 2 fully saturated rings. The predicted octanol–water partition coefficient (Wildman–Crippen LogP) is 4.84. The smallest absolute Gasteiger partial charge is 0.0875 e. The third kappa shape index (κ3) is 5.09. The van der Waals surface area contributed by atoms with Gasteiger partial charge in [0, 0.05) is 0 Å². The number of fused-ring (bicyclic) bond motifs is 1. The summed E-state index contributed by atoms with van der Waals surface area (Å²) in [6.07, 6.45) is 13.8. The van der Waals surface area contributed by atoms with Crippen LogP contribution < -0.4 is 0 Å². The van der Waals surface area contributed by atoms with Gasteiger partial charge in [-0.3, -0.25) is 0 Å². The van der Waals surface area contributed by atoms with Crippen LogP contribution in [0.1, 0.15) is 85.5 Å². The summed E-state index contributed by atoms with van der Waals surface area (Å²) in [7, 11) is 0. The lowest BCUT2D eigenvalue weighted by Crippen LogP contribution is -2.38. The SMILES string of the molecule is CCC(O)(CC)COC(C)C1=CCC2/C(=C/C=C3CC(O)C[C@H](O)C3)CCCC12C. The highest BCUT2D eigenvalue weighted by Crippen LogP contribution is 2.55. The van der Waals surface area contributed by atoms with Gasteiger partial charge in [-0.05, 0) is 81.6 Å². The van der Waals surface area contributed by atoms with Gasteiger partial charge in [0.1, 0.15) is 0 Å². The second-order valence-corrected chi connectivity index (χ2v) is 10.1. The maximum absolute atomic E-state index is 10.6. The molecule has 3 rings (SSSR count). The zero-order chi connectivity index (χ0) is 21.9. The lowest BCUT2D eigenvalue weighted by Gasteiger charge is -2.42. The zero-order valence-electron chi connectivity index (χ0n) is 19.4. The van der Waals surface area contributed by atoms with Gasteiger partial charge in [0.2, 0.25) is 0 Å². The lowest BCUT2D eigenvalue weighted by atomic mass is 9.63. The zero-order valence-corrected chi connectivity index (χ0v) is 19.4. The molecule has 3 aliphatic rings.